The summed E-state index contributed by atoms with van der Waals surface area (Å²) >= 11 is 0. The second kappa shape index (κ2) is 4.40. The standard InChI is InChI=1S/C10H9NO3/c1-8-4-5-10(11(13)14)9(7-8)3-2-6-12/h4-5,7,12H,6H2,1H3. The lowest BCUT2D eigenvalue weighted by atomic mass is 10.1. The van der Waals surface area contributed by atoms with E-state index in [1.807, 2.05) is 6.92 Å². The van der Waals surface area contributed by atoms with Crippen molar-refractivity contribution < 1.29 is 10.0 Å². The van der Waals surface area contributed by atoms with Gasteiger partial charge < -0.3 is 5.11 Å². The third kappa shape index (κ3) is 2.31. The van der Waals surface area contributed by atoms with E-state index in [1.54, 1.807) is 12.1 Å². The molecule has 0 unspecified atom stereocenters. The fourth-order valence-corrected chi connectivity index (χ4v) is 1.04. The molecule has 0 heterocycles. The molecular formula is C10H9NO3. The minimum absolute atomic E-state index is 0.0310. The van der Waals surface area contributed by atoms with Gasteiger partial charge in [0.2, 0.25) is 0 Å². The molecule has 0 aliphatic heterocycles. The van der Waals surface area contributed by atoms with E-state index < -0.39 is 4.92 Å². The van der Waals surface area contributed by atoms with E-state index in [4.69, 9.17) is 5.11 Å². The lowest BCUT2D eigenvalue weighted by Gasteiger charge is -1.96. The Morgan fingerprint density at radius 1 is 1.57 bits per heavy atom. The molecule has 0 radical (unpaired) electrons. The molecule has 0 fully saturated rings. The van der Waals surface area contributed by atoms with Crippen molar-refractivity contribution in [3.63, 3.8) is 0 Å². The van der Waals surface area contributed by atoms with Crippen LogP contribution in [-0.4, -0.2) is 16.6 Å². The van der Waals surface area contributed by atoms with E-state index in [9.17, 15) is 10.1 Å². The monoisotopic (exact) mass is 191 g/mol. The predicted molar refractivity (Wildman–Crippen MR) is 51.8 cm³/mol. The Hall–Kier alpha value is -1.86. The summed E-state index contributed by atoms with van der Waals surface area (Å²) < 4.78 is 0. The van der Waals surface area contributed by atoms with Crippen molar-refractivity contribution in [1.29, 1.82) is 0 Å². The van der Waals surface area contributed by atoms with Crippen molar-refractivity contribution in [2.24, 2.45) is 0 Å². The van der Waals surface area contributed by atoms with Gasteiger partial charge in [-0.05, 0) is 18.6 Å². The van der Waals surface area contributed by atoms with Gasteiger partial charge in [0, 0.05) is 6.07 Å². The Labute approximate surface area is 81.3 Å². The Morgan fingerprint density at radius 2 is 2.29 bits per heavy atom. The quantitative estimate of drug-likeness (QED) is 0.412. The summed E-state index contributed by atoms with van der Waals surface area (Å²) in [4.78, 5) is 10.1. The van der Waals surface area contributed by atoms with E-state index in [1.165, 1.54) is 6.07 Å². The van der Waals surface area contributed by atoms with E-state index in [0.717, 1.165) is 5.56 Å². The highest BCUT2D eigenvalue weighted by atomic mass is 16.6. The number of rotatable bonds is 1. The van der Waals surface area contributed by atoms with Gasteiger partial charge in [-0.2, -0.15) is 0 Å². The van der Waals surface area contributed by atoms with Crippen LogP contribution in [0.25, 0.3) is 0 Å². The molecule has 0 saturated carbocycles. The molecule has 1 N–H and O–H groups in total. The molecular weight excluding hydrogens is 182 g/mol. The second-order valence-corrected chi connectivity index (χ2v) is 2.74. The van der Waals surface area contributed by atoms with Gasteiger partial charge in [0.25, 0.3) is 5.69 Å². The van der Waals surface area contributed by atoms with Gasteiger partial charge in [0.15, 0.2) is 0 Å². The van der Waals surface area contributed by atoms with Gasteiger partial charge in [-0.3, -0.25) is 10.1 Å². The maximum Gasteiger partial charge on any atom is 0.284 e. The molecule has 0 aliphatic rings. The van der Waals surface area contributed by atoms with Crippen LogP contribution >= 0.6 is 0 Å². The highest BCUT2D eigenvalue weighted by Crippen LogP contribution is 2.18. The summed E-state index contributed by atoms with van der Waals surface area (Å²) in [5, 5.41) is 19.1. The molecule has 0 aliphatic carbocycles. The minimum Gasteiger partial charge on any atom is -0.384 e. The molecule has 1 rings (SSSR count). The fraction of sp³-hybridized carbons (Fsp3) is 0.200. The van der Waals surface area contributed by atoms with Gasteiger partial charge >= 0.3 is 0 Å². The van der Waals surface area contributed by atoms with Gasteiger partial charge in [-0.1, -0.05) is 17.9 Å². The molecule has 1 aromatic rings. The number of hydrogen-bond acceptors (Lipinski definition) is 3. The first-order valence-electron chi connectivity index (χ1n) is 4.00. The molecule has 0 saturated heterocycles. The fourth-order valence-electron chi connectivity index (χ4n) is 1.04. The van der Waals surface area contributed by atoms with Crippen LogP contribution in [0.4, 0.5) is 5.69 Å². The van der Waals surface area contributed by atoms with Crippen molar-refractivity contribution in [2.45, 2.75) is 6.92 Å². The summed E-state index contributed by atoms with van der Waals surface area (Å²) in [5.74, 6) is 4.93. The third-order valence-electron chi connectivity index (χ3n) is 1.65. The zero-order chi connectivity index (χ0) is 10.6. The molecule has 0 bridgehead atoms. The lowest BCUT2D eigenvalue weighted by Crippen LogP contribution is -1.92. The van der Waals surface area contributed by atoms with Crippen LogP contribution < -0.4 is 0 Å². The maximum atomic E-state index is 10.6. The summed E-state index contributed by atoms with van der Waals surface area (Å²) in [6.45, 7) is 1.53. The van der Waals surface area contributed by atoms with Crippen LogP contribution in [0.5, 0.6) is 0 Å². The van der Waals surface area contributed by atoms with Gasteiger partial charge in [-0.25, -0.2) is 0 Å². The zero-order valence-electron chi connectivity index (χ0n) is 7.65. The average molecular weight is 191 g/mol. The highest BCUT2D eigenvalue weighted by molar-refractivity contribution is 5.52. The number of nitro benzene ring substituents is 1. The van der Waals surface area contributed by atoms with E-state index in [0.29, 0.717) is 5.56 Å². The second-order valence-electron chi connectivity index (χ2n) is 2.74. The van der Waals surface area contributed by atoms with Gasteiger partial charge in [0.1, 0.15) is 12.2 Å². The van der Waals surface area contributed by atoms with Crippen molar-refractivity contribution in [1.82, 2.24) is 0 Å². The number of nitrogens with zero attached hydrogens (tertiary/aromatic N) is 1. The Bertz CT molecular complexity index is 415. The Morgan fingerprint density at radius 3 is 2.86 bits per heavy atom. The molecule has 0 amide bonds. The van der Waals surface area contributed by atoms with Crippen LogP contribution in [0.15, 0.2) is 18.2 Å². The maximum absolute atomic E-state index is 10.6. The first kappa shape index (κ1) is 10.2. The topological polar surface area (TPSA) is 63.4 Å². The van der Waals surface area contributed by atoms with E-state index in [2.05, 4.69) is 11.8 Å². The molecule has 14 heavy (non-hydrogen) atoms. The van der Waals surface area contributed by atoms with Crippen molar-refractivity contribution in [3.05, 3.63) is 39.4 Å². The molecule has 4 nitrogen and oxygen atoms in total. The molecule has 0 atom stereocenters. The SMILES string of the molecule is Cc1ccc([N+](=O)[O-])c(C#CCO)c1. The normalized spacial score (nSPS) is 9.00. The van der Waals surface area contributed by atoms with Gasteiger partial charge in [-0.15, -0.1) is 0 Å². The number of benzene rings is 1. The molecule has 0 aromatic heterocycles. The largest absolute Gasteiger partial charge is 0.384 e. The van der Waals surface area contributed by atoms with E-state index >= 15 is 0 Å². The van der Waals surface area contributed by atoms with Crippen molar-refractivity contribution in [2.75, 3.05) is 6.61 Å². The van der Waals surface area contributed by atoms with Crippen LogP contribution in [0.2, 0.25) is 0 Å². The summed E-state index contributed by atoms with van der Waals surface area (Å²) in [5.41, 5.74) is 1.21. The minimum atomic E-state index is -0.485. The summed E-state index contributed by atoms with van der Waals surface area (Å²) in [6, 6.07) is 4.69. The Kier molecular flexibility index (Phi) is 3.21. The summed E-state index contributed by atoms with van der Waals surface area (Å²) in [7, 11) is 0. The number of aliphatic hydroxyl groups excluding tert-OH is 1. The lowest BCUT2D eigenvalue weighted by molar-refractivity contribution is -0.385. The molecule has 1 aromatic carbocycles. The number of aliphatic hydroxyl groups is 1. The number of nitro groups is 1. The highest BCUT2D eigenvalue weighted by Gasteiger charge is 2.10. The Balaban J connectivity index is 3.22. The third-order valence-corrected chi connectivity index (χ3v) is 1.65. The smallest absolute Gasteiger partial charge is 0.284 e. The average Bonchev–Trinajstić information content (AvgIpc) is 2.14. The van der Waals surface area contributed by atoms with Crippen molar-refractivity contribution in [3.8, 4) is 11.8 Å². The molecule has 0 spiro atoms. The summed E-state index contributed by atoms with van der Waals surface area (Å²) in [6.07, 6.45) is 0. The van der Waals surface area contributed by atoms with Crippen LogP contribution in [0.3, 0.4) is 0 Å². The first-order chi connectivity index (χ1) is 6.65. The molecule has 4 heteroatoms. The van der Waals surface area contributed by atoms with E-state index in [-0.39, 0.29) is 12.3 Å². The number of aryl methyl sites for hydroxylation is 1. The molecule has 72 valence electrons. The first-order valence-corrected chi connectivity index (χ1v) is 4.00. The van der Waals surface area contributed by atoms with Crippen LogP contribution in [0.1, 0.15) is 11.1 Å². The zero-order valence-corrected chi connectivity index (χ0v) is 7.65. The van der Waals surface area contributed by atoms with Crippen LogP contribution in [-0.2, 0) is 0 Å². The predicted octanol–water partition coefficient (Wildman–Crippen LogP) is 1.25. The van der Waals surface area contributed by atoms with Crippen LogP contribution in [0, 0.1) is 28.9 Å². The number of hydrogen-bond donors (Lipinski definition) is 1. The van der Waals surface area contributed by atoms with Gasteiger partial charge in [0.05, 0.1) is 4.92 Å². The van der Waals surface area contributed by atoms with Crippen molar-refractivity contribution >= 4 is 5.69 Å².